The molecular weight excluding hydrogens is 176 g/mol. The van der Waals surface area contributed by atoms with Crippen LogP contribution in [0.15, 0.2) is 24.3 Å². The van der Waals surface area contributed by atoms with Crippen molar-refractivity contribution in [1.29, 1.82) is 0 Å². The molecule has 0 aliphatic rings. The third-order valence-electron chi connectivity index (χ3n) is 2.34. The van der Waals surface area contributed by atoms with Crippen molar-refractivity contribution < 1.29 is 9.90 Å². The molecule has 0 aromatic heterocycles. The second-order valence-electron chi connectivity index (χ2n) is 4.54. The highest BCUT2D eigenvalue weighted by Crippen LogP contribution is 2.37. The molecule has 76 valence electrons. The zero-order valence-electron chi connectivity index (χ0n) is 8.82. The first-order chi connectivity index (χ1) is 6.46. The number of benzene rings is 1. The van der Waals surface area contributed by atoms with Crippen molar-refractivity contribution in [2.45, 2.75) is 26.7 Å². The van der Waals surface area contributed by atoms with Crippen molar-refractivity contribution >= 4 is 6.29 Å². The molecule has 1 unspecified atom stereocenters. The van der Waals surface area contributed by atoms with Gasteiger partial charge in [-0.2, -0.15) is 0 Å². The Hall–Kier alpha value is -1.31. The Balaban J connectivity index is 3.14. The zero-order chi connectivity index (χ0) is 10.8. The van der Waals surface area contributed by atoms with E-state index in [0.29, 0.717) is 5.56 Å². The Bertz CT molecular complexity index is 323. The van der Waals surface area contributed by atoms with Gasteiger partial charge in [-0.05, 0) is 11.5 Å². The van der Waals surface area contributed by atoms with E-state index >= 15 is 0 Å². The molecule has 1 aromatic rings. The fraction of sp³-hybridized carbons (Fsp3) is 0.417. The number of phenolic OH excluding ortho intramolecular Hbond substituents is 1. The van der Waals surface area contributed by atoms with E-state index in [9.17, 15) is 9.90 Å². The number of aldehydes is 1. The molecule has 1 aromatic carbocycles. The van der Waals surface area contributed by atoms with Crippen LogP contribution in [0.3, 0.4) is 0 Å². The average Bonchev–Trinajstić information content (AvgIpc) is 2.07. The van der Waals surface area contributed by atoms with E-state index in [1.54, 1.807) is 18.2 Å². The highest BCUT2D eigenvalue weighted by atomic mass is 16.3. The fourth-order valence-electron chi connectivity index (χ4n) is 1.49. The van der Waals surface area contributed by atoms with Crippen LogP contribution in [0.2, 0.25) is 0 Å². The molecule has 0 saturated carbocycles. The Morgan fingerprint density at radius 2 is 1.86 bits per heavy atom. The van der Waals surface area contributed by atoms with Crippen LogP contribution in [0.1, 0.15) is 32.3 Å². The summed E-state index contributed by atoms with van der Waals surface area (Å²) in [4.78, 5) is 11.0. The van der Waals surface area contributed by atoms with E-state index < -0.39 is 0 Å². The number of carbonyl (C=O) groups is 1. The minimum atomic E-state index is -0.260. The number of para-hydroxylation sites is 1. The third-order valence-corrected chi connectivity index (χ3v) is 2.34. The van der Waals surface area contributed by atoms with Crippen molar-refractivity contribution in [3.8, 4) is 5.75 Å². The molecular formula is C12H16O2. The number of phenols is 1. The van der Waals surface area contributed by atoms with E-state index in [0.717, 1.165) is 6.29 Å². The van der Waals surface area contributed by atoms with Crippen LogP contribution in [-0.4, -0.2) is 11.4 Å². The maximum Gasteiger partial charge on any atom is 0.128 e. The normalized spacial score (nSPS) is 13.6. The molecule has 1 N–H and O–H groups in total. The van der Waals surface area contributed by atoms with Crippen LogP contribution < -0.4 is 0 Å². The van der Waals surface area contributed by atoms with E-state index in [4.69, 9.17) is 0 Å². The summed E-state index contributed by atoms with van der Waals surface area (Å²) < 4.78 is 0. The van der Waals surface area contributed by atoms with Crippen LogP contribution in [0.25, 0.3) is 0 Å². The lowest BCUT2D eigenvalue weighted by atomic mass is 9.77. The van der Waals surface area contributed by atoms with Gasteiger partial charge in [0.2, 0.25) is 0 Å². The first-order valence-corrected chi connectivity index (χ1v) is 4.70. The van der Waals surface area contributed by atoms with Gasteiger partial charge in [0.05, 0.1) is 0 Å². The molecule has 2 nitrogen and oxygen atoms in total. The van der Waals surface area contributed by atoms with Gasteiger partial charge in [0, 0.05) is 11.5 Å². The molecule has 14 heavy (non-hydrogen) atoms. The molecule has 0 amide bonds. The predicted molar refractivity (Wildman–Crippen MR) is 56.4 cm³/mol. The number of aromatic hydroxyl groups is 1. The van der Waals surface area contributed by atoms with E-state index in [2.05, 4.69) is 0 Å². The van der Waals surface area contributed by atoms with Gasteiger partial charge in [0.25, 0.3) is 0 Å². The SMILES string of the molecule is CC(C)(C)C(C=O)c1ccccc1O. The van der Waals surface area contributed by atoms with Gasteiger partial charge in [-0.3, -0.25) is 0 Å². The first-order valence-electron chi connectivity index (χ1n) is 4.70. The van der Waals surface area contributed by atoms with Gasteiger partial charge < -0.3 is 9.90 Å². The highest BCUT2D eigenvalue weighted by Gasteiger charge is 2.27. The van der Waals surface area contributed by atoms with Gasteiger partial charge in [-0.15, -0.1) is 0 Å². The largest absolute Gasteiger partial charge is 0.508 e. The van der Waals surface area contributed by atoms with Crippen LogP contribution >= 0.6 is 0 Å². The van der Waals surface area contributed by atoms with E-state index in [1.807, 2.05) is 26.8 Å². The molecule has 0 spiro atoms. The lowest BCUT2D eigenvalue weighted by Crippen LogP contribution is -2.19. The van der Waals surface area contributed by atoms with Crippen molar-refractivity contribution in [2.75, 3.05) is 0 Å². The number of rotatable bonds is 2. The summed E-state index contributed by atoms with van der Waals surface area (Å²) in [6.07, 6.45) is 0.898. The highest BCUT2D eigenvalue weighted by molar-refractivity contribution is 5.65. The Labute approximate surface area is 84.6 Å². The lowest BCUT2D eigenvalue weighted by Gasteiger charge is -2.26. The van der Waals surface area contributed by atoms with Gasteiger partial charge >= 0.3 is 0 Å². The fourth-order valence-corrected chi connectivity index (χ4v) is 1.49. The van der Waals surface area contributed by atoms with Crippen LogP contribution in [0.5, 0.6) is 5.75 Å². The lowest BCUT2D eigenvalue weighted by molar-refractivity contribution is -0.111. The molecule has 1 rings (SSSR count). The number of hydrogen-bond acceptors (Lipinski definition) is 2. The second-order valence-corrected chi connectivity index (χ2v) is 4.54. The van der Waals surface area contributed by atoms with Gasteiger partial charge in [0.15, 0.2) is 0 Å². The second kappa shape index (κ2) is 3.82. The van der Waals surface area contributed by atoms with Crippen molar-refractivity contribution in [3.05, 3.63) is 29.8 Å². The molecule has 0 bridgehead atoms. The average molecular weight is 192 g/mol. The molecule has 0 saturated heterocycles. The van der Waals surface area contributed by atoms with Crippen LogP contribution in [-0.2, 0) is 4.79 Å². The minimum absolute atomic E-state index is 0.166. The summed E-state index contributed by atoms with van der Waals surface area (Å²) in [5.41, 5.74) is 0.538. The maximum absolute atomic E-state index is 11.0. The van der Waals surface area contributed by atoms with Gasteiger partial charge in [-0.25, -0.2) is 0 Å². The van der Waals surface area contributed by atoms with E-state index in [-0.39, 0.29) is 17.1 Å². The number of carbonyl (C=O) groups excluding carboxylic acids is 1. The predicted octanol–water partition coefficient (Wildman–Crippen LogP) is 2.72. The summed E-state index contributed by atoms with van der Waals surface area (Å²) >= 11 is 0. The monoisotopic (exact) mass is 192 g/mol. The van der Waals surface area contributed by atoms with E-state index in [1.165, 1.54) is 0 Å². The molecule has 0 radical (unpaired) electrons. The summed E-state index contributed by atoms with van der Waals surface area (Å²) in [7, 11) is 0. The van der Waals surface area contributed by atoms with Gasteiger partial charge in [0.1, 0.15) is 12.0 Å². The minimum Gasteiger partial charge on any atom is -0.508 e. The Kier molecular flexibility index (Phi) is 2.94. The summed E-state index contributed by atoms with van der Waals surface area (Å²) in [6.45, 7) is 5.95. The molecule has 0 heterocycles. The molecule has 0 aliphatic carbocycles. The topological polar surface area (TPSA) is 37.3 Å². The Morgan fingerprint density at radius 1 is 1.29 bits per heavy atom. The third kappa shape index (κ3) is 2.13. The van der Waals surface area contributed by atoms with Crippen molar-refractivity contribution in [1.82, 2.24) is 0 Å². The van der Waals surface area contributed by atoms with Crippen molar-refractivity contribution in [2.24, 2.45) is 5.41 Å². The smallest absolute Gasteiger partial charge is 0.128 e. The molecule has 0 fully saturated rings. The molecule has 1 atom stereocenters. The summed E-state index contributed by atoms with van der Waals surface area (Å²) in [5.74, 6) is -0.0665. The molecule has 2 heteroatoms. The Morgan fingerprint density at radius 3 is 2.29 bits per heavy atom. The maximum atomic E-state index is 11.0. The summed E-state index contributed by atoms with van der Waals surface area (Å²) in [5, 5.41) is 9.62. The molecule has 0 aliphatic heterocycles. The van der Waals surface area contributed by atoms with Crippen LogP contribution in [0, 0.1) is 5.41 Å². The van der Waals surface area contributed by atoms with Crippen molar-refractivity contribution in [3.63, 3.8) is 0 Å². The van der Waals surface area contributed by atoms with Crippen LogP contribution in [0.4, 0.5) is 0 Å². The number of hydrogen-bond donors (Lipinski definition) is 1. The zero-order valence-corrected chi connectivity index (χ0v) is 8.82. The first kappa shape index (κ1) is 10.8. The van der Waals surface area contributed by atoms with Gasteiger partial charge in [-0.1, -0.05) is 39.0 Å². The quantitative estimate of drug-likeness (QED) is 0.731. The standard InChI is InChI=1S/C12H16O2/c1-12(2,3)10(8-13)9-6-4-5-7-11(9)14/h4-8,10,14H,1-3H3. The summed E-state index contributed by atoms with van der Waals surface area (Å²) in [6, 6.07) is 6.98.